The third-order valence-corrected chi connectivity index (χ3v) is 7.10. The van der Waals surface area contributed by atoms with Crippen molar-refractivity contribution in [1.29, 1.82) is 0 Å². The summed E-state index contributed by atoms with van der Waals surface area (Å²) in [7, 11) is 3.22. The van der Waals surface area contributed by atoms with Crippen LogP contribution in [0.15, 0.2) is 48.5 Å². The van der Waals surface area contributed by atoms with E-state index in [0.717, 1.165) is 17.0 Å². The number of ether oxygens (including phenoxy) is 4. The summed E-state index contributed by atoms with van der Waals surface area (Å²) in [6.07, 6.45) is 1.46. The van der Waals surface area contributed by atoms with Crippen LogP contribution in [0.1, 0.15) is 30.9 Å². The van der Waals surface area contributed by atoms with E-state index >= 15 is 0 Å². The van der Waals surface area contributed by atoms with Crippen molar-refractivity contribution in [3.8, 4) is 11.5 Å². The maximum absolute atomic E-state index is 13.8. The third-order valence-electron chi connectivity index (χ3n) is 7.10. The number of piperidine rings is 1. The summed E-state index contributed by atoms with van der Waals surface area (Å²) >= 11 is 0. The predicted molar refractivity (Wildman–Crippen MR) is 125 cm³/mol. The predicted octanol–water partition coefficient (Wildman–Crippen LogP) is 3.16. The number of nitrogens with zero attached hydrogens (tertiary/aromatic N) is 2. The zero-order valence-corrected chi connectivity index (χ0v) is 19.6. The number of carbonyl (C=O) groups is 2. The number of likely N-dealkylation sites (tertiary alicyclic amines) is 1. The molecule has 2 amide bonds. The van der Waals surface area contributed by atoms with Crippen molar-refractivity contribution in [3.05, 3.63) is 54.1 Å². The SMILES string of the molecule is COc1ccc([C@H]2[C@@H](C(=O)N3CCC4(CC3)OCCO4)CC(=O)N2c2ccc(OC)cc2)cc1. The lowest BCUT2D eigenvalue weighted by Gasteiger charge is -2.39. The molecule has 0 radical (unpaired) electrons. The molecule has 8 nitrogen and oxygen atoms in total. The Morgan fingerprint density at radius 2 is 1.47 bits per heavy atom. The van der Waals surface area contributed by atoms with Gasteiger partial charge in [-0.2, -0.15) is 0 Å². The first-order chi connectivity index (χ1) is 16.5. The highest BCUT2D eigenvalue weighted by Crippen LogP contribution is 2.43. The summed E-state index contributed by atoms with van der Waals surface area (Å²) in [4.78, 5) is 30.7. The quantitative estimate of drug-likeness (QED) is 0.674. The average molecular weight is 467 g/mol. The van der Waals surface area contributed by atoms with Crippen LogP contribution < -0.4 is 14.4 Å². The fourth-order valence-electron chi connectivity index (χ4n) is 5.27. The van der Waals surface area contributed by atoms with Crippen molar-refractivity contribution < 1.29 is 28.5 Å². The molecule has 180 valence electrons. The van der Waals surface area contributed by atoms with Crippen molar-refractivity contribution in [2.75, 3.05) is 45.4 Å². The normalized spacial score (nSPS) is 24.0. The van der Waals surface area contributed by atoms with E-state index in [-0.39, 0.29) is 18.2 Å². The Kier molecular flexibility index (Phi) is 6.18. The Hall–Kier alpha value is -3.10. The van der Waals surface area contributed by atoms with Gasteiger partial charge in [-0.1, -0.05) is 12.1 Å². The van der Waals surface area contributed by atoms with Crippen LogP contribution >= 0.6 is 0 Å². The Morgan fingerprint density at radius 1 is 0.912 bits per heavy atom. The van der Waals surface area contributed by atoms with Gasteiger partial charge in [-0.05, 0) is 42.0 Å². The zero-order chi connectivity index (χ0) is 23.7. The van der Waals surface area contributed by atoms with Crippen molar-refractivity contribution in [2.24, 2.45) is 5.92 Å². The minimum Gasteiger partial charge on any atom is -0.497 e. The second-order valence-electron chi connectivity index (χ2n) is 8.92. The van der Waals surface area contributed by atoms with Crippen LogP contribution in [0.25, 0.3) is 0 Å². The summed E-state index contributed by atoms with van der Waals surface area (Å²) in [6, 6.07) is 14.6. The number of amides is 2. The lowest BCUT2D eigenvalue weighted by atomic mass is 9.91. The molecule has 1 spiro atoms. The van der Waals surface area contributed by atoms with Crippen LogP contribution in [0.4, 0.5) is 5.69 Å². The van der Waals surface area contributed by atoms with Crippen LogP contribution in [0.2, 0.25) is 0 Å². The molecule has 3 heterocycles. The number of rotatable bonds is 5. The van der Waals surface area contributed by atoms with Gasteiger partial charge >= 0.3 is 0 Å². The van der Waals surface area contributed by atoms with E-state index < -0.39 is 17.7 Å². The van der Waals surface area contributed by atoms with E-state index in [1.807, 2.05) is 53.4 Å². The fraction of sp³-hybridized carbons (Fsp3) is 0.462. The van der Waals surface area contributed by atoms with Crippen LogP contribution in [-0.2, 0) is 19.1 Å². The summed E-state index contributed by atoms with van der Waals surface area (Å²) in [5.41, 5.74) is 1.64. The summed E-state index contributed by atoms with van der Waals surface area (Å²) in [6.45, 7) is 2.31. The van der Waals surface area contributed by atoms with Crippen molar-refractivity contribution >= 4 is 17.5 Å². The van der Waals surface area contributed by atoms with Gasteiger partial charge in [0.05, 0.1) is 39.4 Å². The van der Waals surface area contributed by atoms with Gasteiger partial charge in [-0.25, -0.2) is 0 Å². The van der Waals surface area contributed by atoms with E-state index in [2.05, 4.69) is 0 Å². The molecule has 0 saturated carbocycles. The third kappa shape index (κ3) is 4.12. The van der Waals surface area contributed by atoms with Gasteiger partial charge in [0.1, 0.15) is 11.5 Å². The molecule has 34 heavy (non-hydrogen) atoms. The minimum atomic E-state index is -0.549. The Morgan fingerprint density at radius 3 is 2.03 bits per heavy atom. The van der Waals surface area contributed by atoms with Gasteiger partial charge in [-0.15, -0.1) is 0 Å². The van der Waals surface area contributed by atoms with E-state index in [1.54, 1.807) is 19.1 Å². The maximum atomic E-state index is 13.8. The molecule has 0 aliphatic carbocycles. The van der Waals surface area contributed by atoms with E-state index in [4.69, 9.17) is 18.9 Å². The second kappa shape index (κ2) is 9.27. The summed E-state index contributed by atoms with van der Waals surface area (Å²) in [5.74, 6) is 0.334. The van der Waals surface area contributed by atoms with Crippen LogP contribution in [0.5, 0.6) is 11.5 Å². The van der Waals surface area contributed by atoms with E-state index in [1.165, 1.54) is 0 Å². The summed E-state index contributed by atoms with van der Waals surface area (Å²) in [5, 5.41) is 0. The topological polar surface area (TPSA) is 77.5 Å². The molecular formula is C26H30N2O6. The standard InChI is InChI=1S/C26H30N2O6/c1-31-20-7-3-18(4-8-20)24-22(17-23(29)28(24)19-5-9-21(32-2)10-6-19)25(30)27-13-11-26(12-14-27)33-15-16-34-26/h3-10,22,24H,11-17H2,1-2H3/t22-,24-/m0/s1. The van der Waals surface area contributed by atoms with Gasteiger partial charge < -0.3 is 28.7 Å². The smallest absolute Gasteiger partial charge is 0.228 e. The van der Waals surface area contributed by atoms with Crippen molar-refractivity contribution in [2.45, 2.75) is 31.1 Å². The average Bonchev–Trinajstić information content (AvgIpc) is 3.48. The minimum absolute atomic E-state index is 0.00183. The number of carbonyl (C=O) groups excluding carboxylic acids is 2. The zero-order valence-electron chi connectivity index (χ0n) is 19.6. The lowest BCUT2D eigenvalue weighted by molar-refractivity contribution is -0.188. The molecule has 3 aliphatic heterocycles. The number of anilines is 1. The molecule has 3 aliphatic rings. The Bertz CT molecular complexity index is 1020. The number of methoxy groups -OCH3 is 2. The largest absolute Gasteiger partial charge is 0.497 e. The molecule has 2 aromatic carbocycles. The van der Waals surface area contributed by atoms with Gasteiger partial charge in [0.15, 0.2) is 5.79 Å². The molecule has 0 bridgehead atoms. The first-order valence-electron chi connectivity index (χ1n) is 11.7. The fourth-order valence-corrected chi connectivity index (χ4v) is 5.27. The van der Waals surface area contributed by atoms with Gasteiger partial charge in [0.25, 0.3) is 0 Å². The first-order valence-corrected chi connectivity index (χ1v) is 11.7. The van der Waals surface area contributed by atoms with Gasteiger partial charge in [-0.3, -0.25) is 9.59 Å². The van der Waals surface area contributed by atoms with Crippen LogP contribution in [0.3, 0.4) is 0 Å². The van der Waals surface area contributed by atoms with Gasteiger partial charge in [0, 0.05) is 38.0 Å². The molecule has 5 rings (SSSR count). The van der Waals surface area contributed by atoms with E-state index in [9.17, 15) is 9.59 Å². The highest BCUT2D eigenvalue weighted by atomic mass is 16.7. The number of hydrogen-bond donors (Lipinski definition) is 0. The Labute approximate surface area is 199 Å². The second-order valence-corrected chi connectivity index (χ2v) is 8.92. The molecule has 8 heteroatoms. The highest BCUT2D eigenvalue weighted by Gasteiger charge is 2.48. The molecule has 3 fully saturated rings. The Balaban J connectivity index is 1.43. The number of hydrogen-bond acceptors (Lipinski definition) is 6. The van der Waals surface area contributed by atoms with Gasteiger partial charge in [0.2, 0.25) is 11.8 Å². The van der Waals surface area contributed by atoms with Crippen molar-refractivity contribution in [1.82, 2.24) is 4.90 Å². The monoisotopic (exact) mass is 466 g/mol. The van der Waals surface area contributed by atoms with Crippen LogP contribution in [0, 0.1) is 5.92 Å². The molecule has 2 aromatic rings. The first kappa shape index (κ1) is 22.7. The number of benzene rings is 2. The maximum Gasteiger partial charge on any atom is 0.228 e. The van der Waals surface area contributed by atoms with Crippen molar-refractivity contribution in [3.63, 3.8) is 0 Å². The molecule has 2 atom stereocenters. The van der Waals surface area contributed by atoms with E-state index in [0.29, 0.717) is 44.9 Å². The van der Waals surface area contributed by atoms with Crippen LogP contribution in [-0.4, -0.2) is 63.0 Å². The molecule has 3 saturated heterocycles. The molecule has 0 aromatic heterocycles. The summed E-state index contributed by atoms with van der Waals surface area (Å²) < 4.78 is 22.2. The molecule has 0 N–H and O–H groups in total. The highest BCUT2D eigenvalue weighted by molar-refractivity contribution is 6.01. The molecular weight excluding hydrogens is 436 g/mol. The lowest BCUT2D eigenvalue weighted by Crippen LogP contribution is -2.49. The molecule has 0 unspecified atom stereocenters.